The zero-order chi connectivity index (χ0) is 26.2. The molecule has 35 heavy (non-hydrogen) atoms. The number of alkyl carbamates (subject to hydrolysis) is 1. The predicted molar refractivity (Wildman–Crippen MR) is 138 cm³/mol. The number of benzene rings is 1. The van der Waals surface area contributed by atoms with Gasteiger partial charge in [0.1, 0.15) is 24.2 Å². The molecule has 1 aromatic rings. The lowest BCUT2D eigenvalue weighted by Crippen LogP contribution is -2.54. The second-order valence-corrected chi connectivity index (χ2v) is 10.4. The molecule has 192 valence electrons. The Kier molecular flexibility index (Phi) is 10.4. The standard InChI is InChI=1S/C26H38N4O4S/c1-17-10-9-11-18(2)21(17)22(23(31)28-19-12-7-6-8-13-19)30(15-14-27)24(32)20(16-35)29-25(33)34-26(3,4)5/h9-11,19-20,22,35H,6-8,12-13,15-16H2,1-5H3,(H,28,31)(H,29,33). The van der Waals surface area contributed by atoms with Gasteiger partial charge in [-0.15, -0.1) is 0 Å². The summed E-state index contributed by atoms with van der Waals surface area (Å²) in [5, 5.41) is 15.3. The van der Waals surface area contributed by atoms with Crippen molar-refractivity contribution in [2.24, 2.45) is 0 Å². The fourth-order valence-corrected chi connectivity index (χ4v) is 4.67. The Morgan fingerprint density at radius 1 is 1.17 bits per heavy atom. The van der Waals surface area contributed by atoms with Crippen molar-refractivity contribution < 1.29 is 19.1 Å². The van der Waals surface area contributed by atoms with Crippen molar-refractivity contribution >= 4 is 30.5 Å². The molecule has 8 nitrogen and oxygen atoms in total. The molecule has 2 atom stereocenters. The Labute approximate surface area is 214 Å². The number of thiol groups is 1. The summed E-state index contributed by atoms with van der Waals surface area (Å²) in [5.41, 5.74) is 1.61. The van der Waals surface area contributed by atoms with Crippen LogP contribution in [0.15, 0.2) is 18.2 Å². The lowest BCUT2D eigenvalue weighted by Gasteiger charge is -2.35. The number of hydrogen-bond donors (Lipinski definition) is 3. The summed E-state index contributed by atoms with van der Waals surface area (Å²) in [5.74, 6) is -0.920. The van der Waals surface area contributed by atoms with E-state index in [9.17, 15) is 19.6 Å². The van der Waals surface area contributed by atoms with Gasteiger partial charge in [0, 0.05) is 11.8 Å². The summed E-state index contributed by atoms with van der Waals surface area (Å²) in [6.45, 7) is 8.60. The van der Waals surface area contributed by atoms with Gasteiger partial charge in [-0.1, -0.05) is 37.5 Å². The van der Waals surface area contributed by atoms with Crippen LogP contribution in [-0.4, -0.2) is 52.8 Å². The third kappa shape index (κ3) is 8.17. The fraction of sp³-hybridized carbons (Fsp3) is 0.615. The second-order valence-electron chi connectivity index (χ2n) is 10.1. The lowest BCUT2D eigenvalue weighted by atomic mass is 9.92. The van der Waals surface area contributed by atoms with Crippen LogP contribution in [0.4, 0.5) is 4.79 Å². The van der Waals surface area contributed by atoms with Gasteiger partial charge in [-0.3, -0.25) is 9.59 Å². The zero-order valence-corrected chi connectivity index (χ0v) is 22.3. The first-order valence-electron chi connectivity index (χ1n) is 12.1. The van der Waals surface area contributed by atoms with Gasteiger partial charge in [0.05, 0.1) is 6.07 Å². The number of aryl methyl sites for hydroxylation is 2. The van der Waals surface area contributed by atoms with E-state index in [0.29, 0.717) is 5.56 Å². The van der Waals surface area contributed by atoms with Gasteiger partial charge in [0.2, 0.25) is 11.8 Å². The number of nitrogens with zero attached hydrogens (tertiary/aromatic N) is 2. The summed E-state index contributed by atoms with van der Waals surface area (Å²) in [6.07, 6.45) is 4.24. The van der Waals surface area contributed by atoms with Gasteiger partial charge in [-0.05, 0) is 64.2 Å². The van der Waals surface area contributed by atoms with Crippen LogP contribution in [0.2, 0.25) is 0 Å². The van der Waals surface area contributed by atoms with Gasteiger partial charge < -0.3 is 20.3 Å². The van der Waals surface area contributed by atoms with Gasteiger partial charge in [0.25, 0.3) is 0 Å². The summed E-state index contributed by atoms with van der Waals surface area (Å²) in [4.78, 5) is 41.0. The van der Waals surface area contributed by atoms with E-state index < -0.39 is 29.7 Å². The van der Waals surface area contributed by atoms with Crippen LogP contribution >= 0.6 is 12.6 Å². The molecule has 2 unspecified atom stereocenters. The SMILES string of the molecule is Cc1cccc(C)c1C(C(=O)NC1CCCCC1)N(CC#N)C(=O)C(CS)NC(=O)OC(C)(C)C. The lowest BCUT2D eigenvalue weighted by molar-refractivity contribution is -0.141. The Bertz CT molecular complexity index is 927. The van der Waals surface area contributed by atoms with Crippen molar-refractivity contribution in [1.82, 2.24) is 15.5 Å². The van der Waals surface area contributed by atoms with E-state index in [1.807, 2.05) is 38.1 Å². The van der Waals surface area contributed by atoms with Crippen LogP contribution in [0.5, 0.6) is 0 Å². The predicted octanol–water partition coefficient (Wildman–Crippen LogP) is 3.97. The number of nitriles is 1. The Balaban J connectivity index is 2.44. The molecule has 0 aromatic heterocycles. The zero-order valence-electron chi connectivity index (χ0n) is 21.4. The van der Waals surface area contributed by atoms with E-state index in [1.54, 1.807) is 20.8 Å². The number of nitrogens with one attached hydrogen (secondary N) is 2. The van der Waals surface area contributed by atoms with Crippen molar-refractivity contribution in [1.29, 1.82) is 5.26 Å². The largest absolute Gasteiger partial charge is 0.444 e. The monoisotopic (exact) mass is 502 g/mol. The van der Waals surface area contributed by atoms with E-state index in [0.717, 1.165) is 43.2 Å². The number of rotatable bonds is 8. The smallest absolute Gasteiger partial charge is 0.408 e. The molecule has 0 spiro atoms. The molecule has 3 amide bonds. The second kappa shape index (κ2) is 12.8. The van der Waals surface area contributed by atoms with Crippen molar-refractivity contribution in [2.75, 3.05) is 12.3 Å². The maximum atomic E-state index is 13.7. The topological polar surface area (TPSA) is 112 Å². The van der Waals surface area contributed by atoms with Crippen LogP contribution in [0.1, 0.15) is 75.6 Å². The number of hydrogen-bond acceptors (Lipinski definition) is 6. The molecule has 0 bridgehead atoms. The maximum absolute atomic E-state index is 13.7. The van der Waals surface area contributed by atoms with Crippen LogP contribution in [-0.2, 0) is 14.3 Å². The molecule has 9 heteroatoms. The molecule has 1 aromatic carbocycles. The van der Waals surface area contributed by atoms with Crippen molar-refractivity contribution in [3.05, 3.63) is 34.9 Å². The average Bonchev–Trinajstić information content (AvgIpc) is 2.78. The highest BCUT2D eigenvalue weighted by molar-refractivity contribution is 7.80. The molecular weight excluding hydrogens is 464 g/mol. The molecule has 1 saturated carbocycles. The minimum atomic E-state index is -1.07. The molecule has 0 aliphatic heterocycles. The van der Waals surface area contributed by atoms with Gasteiger partial charge >= 0.3 is 6.09 Å². The molecule has 0 heterocycles. The van der Waals surface area contributed by atoms with E-state index in [-0.39, 0.29) is 24.2 Å². The Morgan fingerprint density at radius 2 is 1.77 bits per heavy atom. The molecule has 2 rings (SSSR count). The first-order valence-corrected chi connectivity index (χ1v) is 12.8. The first-order chi connectivity index (χ1) is 16.5. The van der Waals surface area contributed by atoms with Gasteiger partial charge in [-0.2, -0.15) is 17.9 Å². The van der Waals surface area contributed by atoms with Crippen molar-refractivity contribution in [3.8, 4) is 6.07 Å². The van der Waals surface area contributed by atoms with Gasteiger partial charge in [0.15, 0.2) is 0 Å². The highest BCUT2D eigenvalue weighted by Gasteiger charge is 2.38. The molecule has 0 radical (unpaired) electrons. The van der Waals surface area contributed by atoms with Crippen molar-refractivity contribution in [3.63, 3.8) is 0 Å². The van der Waals surface area contributed by atoms with E-state index in [4.69, 9.17) is 4.74 Å². The summed E-state index contributed by atoms with van der Waals surface area (Å²) in [7, 11) is 0. The Morgan fingerprint density at radius 3 is 2.29 bits per heavy atom. The quantitative estimate of drug-likeness (QED) is 0.368. The minimum absolute atomic E-state index is 0.0241. The third-order valence-corrected chi connectivity index (χ3v) is 6.39. The molecule has 1 aliphatic rings. The van der Waals surface area contributed by atoms with Crippen molar-refractivity contribution in [2.45, 2.75) is 90.4 Å². The Hall–Kier alpha value is -2.73. The molecule has 1 aliphatic carbocycles. The third-order valence-electron chi connectivity index (χ3n) is 6.02. The highest BCUT2D eigenvalue weighted by atomic mass is 32.1. The average molecular weight is 503 g/mol. The van der Waals surface area contributed by atoms with Crippen LogP contribution in [0.3, 0.4) is 0 Å². The molecular formula is C26H38N4O4S. The van der Waals surface area contributed by atoms with Gasteiger partial charge in [-0.25, -0.2) is 4.79 Å². The molecule has 0 saturated heterocycles. The maximum Gasteiger partial charge on any atom is 0.408 e. The van der Waals surface area contributed by atoms with E-state index in [1.165, 1.54) is 4.90 Å². The number of carbonyl (C=O) groups excluding carboxylic acids is 3. The summed E-state index contributed by atoms with van der Waals surface area (Å²) >= 11 is 4.26. The minimum Gasteiger partial charge on any atom is -0.444 e. The van der Waals surface area contributed by atoms with Crippen LogP contribution in [0.25, 0.3) is 0 Å². The first kappa shape index (κ1) is 28.5. The van der Waals surface area contributed by atoms with Crippen LogP contribution < -0.4 is 10.6 Å². The molecule has 1 fully saturated rings. The highest BCUT2D eigenvalue weighted by Crippen LogP contribution is 2.29. The number of ether oxygens (including phenoxy) is 1. The number of amides is 3. The number of carbonyl (C=O) groups is 3. The summed E-state index contributed by atoms with van der Waals surface area (Å²) in [6, 6.07) is 5.61. The molecule has 2 N–H and O–H groups in total. The van der Waals surface area contributed by atoms with E-state index in [2.05, 4.69) is 23.3 Å². The van der Waals surface area contributed by atoms with Crippen LogP contribution in [0, 0.1) is 25.2 Å². The fourth-order valence-electron chi connectivity index (χ4n) is 4.42. The van der Waals surface area contributed by atoms with E-state index >= 15 is 0 Å². The normalized spacial score (nSPS) is 15.9. The summed E-state index contributed by atoms with van der Waals surface area (Å²) < 4.78 is 5.29.